The molecule has 0 amide bonds. The smallest absolute Gasteiger partial charge is 0.130 e. The van der Waals surface area contributed by atoms with Gasteiger partial charge in [0, 0.05) is 24.8 Å². The Kier molecular flexibility index (Phi) is 5.43. The third-order valence-corrected chi connectivity index (χ3v) is 3.95. The monoisotopic (exact) mass is 266 g/mol. The molecule has 1 aromatic heterocycles. The molecule has 1 aliphatic heterocycles. The molecule has 0 radical (unpaired) electrons. The molecule has 1 aromatic rings. The van der Waals surface area contributed by atoms with Crippen molar-refractivity contribution in [3.05, 3.63) is 23.2 Å². The third kappa shape index (κ3) is 4.06. The maximum Gasteiger partial charge on any atom is 0.130 e. The van der Waals surface area contributed by atoms with Crippen molar-refractivity contribution in [1.29, 1.82) is 0 Å². The highest BCUT2D eigenvalue weighted by atomic mass is 16.5. The Labute approximate surface area is 116 Å². The molecule has 1 saturated heterocycles. The minimum atomic E-state index is 0.584. The summed E-state index contributed by atoms with van der Waals surface area (Å²) in [4.78, 5) is 2.44. The Bertz CT molecular complexity index is 389. The maximum atomic E-state index is 5.74. The molecular formula is C15H26N2O2. The first-order chi connectivity index (χ1) is 9.20. The Morgan fingerprint density at radius 2 is 2.37 bits per heavy atom. The van der Waals surface area contributed by atoms with Crippen LogP contribution in [0.15, 0.2) is 10.5 Å². The van der Waals surface area contributed by atoms with Crippen molar-refractivity contribution in [3.8, 4) is 0 Å². The first kappa shape index (κ1) is 14.6. The van der Waals surface area contributed by atoms with Gasteiger partial charge in [0.15, 0.2) is 0 Å². The summed E-state index contributed by atoms with van der Waals surface area (Å²) in [6, 6.07) is 2.80. The van der Waals surface area contributed by atoms with Gasteiger partial charge >= 0.3 is 0 Å². The fraction of sp³-hybridized carbons (Fsp3) is 0.733. The van der Waals surface area contributed by atoms with Crippen molar-refractivity contribution >= 4 is 0 Å². The van der Waals surface area contributed by atoms with Crippen LogP contribution in [-0.2, 0) is 17.9 Å². The number of nitrogens with one attached hydrogen (secondary N) is 1. The lowest BCUT2D eigenvalue weighted by atomic mass is 10.1. The largest absolute Gasteiger partial charge is 0.464 e. The zero-order valence-corrected chi connectivity index (χ0v) is 12.4. The van der Waals surface area contributed by atoms with Crippen LogP contribution < -0.4 is 5.32 Å². The molecule has 108 valence electrons. The molecule has 0 saturated carbocycles. The summed E-state index contributed by atoms with van der Waals surface area (Å²) >= 11 is 0. The maximum absolute atomic E-state index is 5.74. The Morgan fingerprint density at radius 3 is 3.05 bits per heavy atom. The van der Waals surface area contributed by atoms with Gasteiger partial charge in [-0.05, 0) is 52.9 Å². The van der Waals surface area contributed by atoms with E-state index < -0.39 is 0 Å². The number of furan rings is 1. The van der Waals surface area contributed by atoms with Crippen LogP contribution in [0.2, 0.25) is 0 Å². The molecule has 2 heterocycles. The second kappa shape index (κ2) is 7.08. The summed E-state index contributed by atoms with van der Waals surface area (Å²) < 4.78 is 11.4. The summed E-state index contributed by atoms with van der Waals surface area (Å²) in [5.41, 5.74) is 1.22. The molecule has 0 bridgehead atoms. The molecule has 19 heavy (non-hydrogen) atoms. The second-order valence-corrected chi connectivity index (χ2v) is 5.44. The SMILES string of the molecule is CNCc1cc(COCCC2CCCN2C)oc1C. The summed E-state index contributed by atoms with van der Waals surface area (Å²) in [6.07, 6.45) is 3.76. The molecule has 0 spiro atoms. The second-order valence-electron chi connectivity index (χ2n) is 5.44. The van der Waals surface area contributed by atoms with Crippen molar-refractivity contribution in [2.75, 3.05) is 27.2 Å². The highest BCUT2D eigenvalue weighted by Crippen LogP contribution is 2.19. The number of ether oxygens (including phenoxy) is 1. The summed E-state index contributed by atoms with van der Waals surface area (Å²) in [5.74, 6) is 1.92. The molecule has 1 fully saturated rings. The van der Waals surface area contributed by atoms with Gasteiger partial charge in [-0.2, -0.15) is 0 Å². The molecule has 4 nitrogen and oxygen atoms in total. The lowest BCUT2D eigenvalue weighted by Gasteiger charge is -2.18. The highest BCUT2D eigenvalue weighted by molar-refractivity contribution is 5.20. The molecule has 0 aromatic carbocycles. The standard InChI is InChI=1S/C15H26N2O2/c1-12-13(10-16-2)9-15(19-12)11-18-8-6-14-5-4-7-17(14)3/h9,14,16H,4-8,10-11H2,1-3H3. The van der Waals surface area contributed by atoms with Crippen molar-refractivity contribution in [3.63, 3.8) is 0 Å². The Morgan fingerprint density at radius 1 is 1.53 bits per heavy atom. The third-order valence-electron chi connectivity index (χ3n) is 3.95. The van der Waals surface area contributed by atoms with Gasteiger partial charge < -0.3 is 19.4 Å². The van der Waals surface area contributed by atoms with Crippen LogP contribution in [0.5, 0.6) is 0 Å². The average molecular weight is 266 g/mol. The summed E-state index contributed by atoms with van der Waals surface area (Å²) in [5, 5.41) is 3.14. The minimum absolute atomic E-state index is 0.584. The van der Waals surface area contributed by atoms with E-state index in [2.05, 4.69) is 23.3 Å². The predicted octanol–water partition coefficient (Wildman–Crippen LogP) is 2.31. The fourth-order valence-electron chi connectivity index (χ4n) is 2.76. The van der Waals surface area contributed by atoms with Gasteiger partial charge in [-0.1, -0.05) is 0 Å². The van der Waals surface area contributed by atoms with Crippen LogP contribution >= 0.6 is 0 Å². The van der Waals surface area contributed by atoms with E-state index in [4.69, 9.17) is 9.15 Å². The van der Waals surface area contributed by atoms with E-state index in [-0.39, 0.29) is 0 Å². The Balaban J connectivity index is 1.69. The minimum Gasteiger partial charge on any atom is -0.464 e. The number of hydrogen-bond acceptors (Lipinski definition) is 4. The lowest BCUT2D eigenvalue weighted by molar-refractivity contribution is 0.0889. The fourth-order valence-corrected chi connectivity index (χ4v) is 2.76. The van der Waals surface area contributed by atoms with Crippen molar-refractivity contribution in [2.45, 2.75) is 45.4 Å². The van der Waals surface area contributed by atoms with Crippen molar-refractivity contribution in [1.82, 2.24) is 10.2 Å². The number of nitrogens with zero attached hydrogens (tertiary/aromatic N) is 1. The first-order valence-electron chi connectivity index (χ1n) is 7.21. The Hall–Kier alpha value is -0.840. The average Bonchev–Trinajstić information content (AvgIpc) is 2.93. The van der Waals surface area contributed by atoms with Crippen molar-refractivity contribution in [2.24, 2.45) is 0 Å². The molecule has 4 heteroatoms. The quantitative estimate of drug-likeness (QED) is 0.769. The van der Waals surface area contributed by atoms with Gasteiger partial charge in [-0.15, -0.1) is 0 Å². The van der Waals surface area contributed by atoms with E-state index in [1.54, 1.807) is 0 Å². The molecule has 1 aliphatic rings. The molecule has 1 N–H and O–H groups in total. The van der Waals surface area contributed by atoms with Gasteiger partial charge in [-0.3, -0.25) is 0 Å². The van der Waals surface area contributed by atoms with Crippen LogP contribution in [0.25, 0.3) is 0 Å². The number of rotatable bonds is 7. The van der Waals surface area contributed by atoms with Gasteiger partial charge in [-0.25, -0.2) is 0 Å². The number of likely N-dealkylation sites (tertiary alicyclic amines) is 1. The van der Waals surface area contributed by atoms with E-state index in [1.165, 1.54) is 24.9 Å². The van der Waals surface area contributed by atoms with Crippen LogP contribution in [0.1, 0.15) is 36.3 Å². The highest BCUT2D eigenvalue weighted by Gasteiger charge is 2.20. The number of aryl methyl sites for hydroxylation is 1. The number of hydrogen-bond donors (Lipinski definition) is 1. The molecule has 2 rings (SSSR count). The topological polar surface area (TPSA) is 37.6 Å². The van der Waals surface area contributed by atoms with Crippen molar-refractivity contribution < 1.29 is 9.15 Å². The normalized spacial score (nSPS) is 20.3. The van der Waals surface area contributed by atoms with E-state index in [0.29, 0.717) is 12.6 Å². The van der Waals surface area contributed by atoms with Crippen LogP contribution in [0.4, 0.5) is 0 Å². The van der Waals surface area contributed by atoms with Gasteiger partial charge in [0.2, 0.25) is 0 Å². The first-order valence-corrected chi connectivity index (χ1v) is 7.21. The van der Waals surface area contributed by atoms with E-state index in [9.17, 15) is 0 Å². The van der Waals surface area contributed by atoms with E-state index in [1.807, 2.05) is 14.0 Å². The zero-order valence-electron chi connectivity index (χ0n) is 12.4. The lowest BCUT2D eigenvalue weighted by Crippen LogP contribution is -2.26. The van der Waals surface area contributed by atoms with Gasteiger partial charge in [0.1, 0.15) is 18.1 Å². The molecule has 0 aliphatic carbocycles. The van der Waals surface area contributed by atoms with Crippen LogP contribution in [0.3, 0.4) is 0 Å². The summed E-state index contributed by atoms with van der Waals surface area (Å²) in [7, 11) is 4.15. The molecular weight excluding hydrogens is 240 g/mol. The summed E-state index contributed by atoms with van der Waals surface area (Å²) in [6.45, 7) is 5.48. The predicted molar refractivity (Wildman–Crippen MR) is 76.1 cm³/mol. The van der Waals surface area contributed by atoms with Gasteiger partial charge in [0.25, 0.3) is 0 Å². The molecule has 1 atom stereocenters. The van der Waals surface area contributed by atoms with E-state index >= 15 is 0 Å². The van der Waals surface area contributed by atoms with Crippen LogP contribution in [-0.4, -0.2) is 38.2 Å². The van der Waals surface area contributed by atoms with Crippen LogP contribution in [0, 0.1) is 6.92 Å². The zero-order chi connectivity index (χ0) is 13.7. The molecule has 1 unspecified atom stereocenters. The van der Waals surface area contributed by atoms with Gasteiger partial charge in [0.05, 0.1) is 0 Å². The van der Waals surface area contributed by atoms with E-state index in [0.717, 1.165) is 31.1 Å².